The summed E-state index contributed by atoms with van der Waals surface area (Å²) in [5.41, 5.74) is 3.87. The minimum Gasteiger partial charge on any atom is -0.314 e. The largest absolute Gasteiger partial charge is 0.314 e. The molecule has 36 heavy (non-hydrogen) atoms. The molecule has 10 heteroatoms. The van der Waals surface area contributed by atoms with E-state index < -0.39 is 0 Å². The smallest absolute Gasteiger partial charge is 0.164 e. The summed E-state index contributed by atoms with van der Waals surface area (Å²) in [6.45, 7) is 4.01. The number of benzene rings is 2. The maximum atomic E-state index is 13.5. The Morgan fingerprint density at radius 2 is 1.83 bits per heavy atom. The Labute approximate surface area is 210 Å². The number of hydrogen-bond donors (Lipinski definition) is 0. The fourth-order valence-corrected chi connectivity index (χ4v) is 5.31. The van der Waals surface area contributed by atoms with E-state index in [1.807, 2.05) is 23.6 Å². The Bertz CT molecular complexity index is 1620. The van der Waals surface area contributed by atoms with Crippen molar-refractivity contribution in [3.63, 3.8) is 0 Å². The van der Waals surface area contributed by atoms with Crippen LogP contribution in [-0.4, -0.2) is 29.1 Å². The van der Waals surface area contributed by atoms with Crippen LogP contribution in [0.15, 0.2) is 60.9 Å². The molecule has 176 valence electrons. The monoisotopic (exact) mass is 494 g/mol. The maximum Gasteiger partial charge on any atom is 0.164 e. The number of nitriles is 1. The Balaban J connectivity index is 1.55. The first kappa shape index (κ1) is 22.0. The van der Waals surface area contributed by atoms with Gasteiger partial charge in [-0.1, -0.05) is 19.1 Å². The zero-order valence-corrected chi connectivity index (χ0v) is 20.2. The predicted octanol–water partition coefficient (Wildman–Crippen LogP) is 5.77. The van der Waals surface area contributed by atoms with Crippen LogP contribution in [0.3, 0.4) is 0 Å². The van der Waals surface area contributed by atoms with Gasteiger partial charge < -0.3 is 4.90 Å². The topological polar surface area (TPSA) is 96.4 Å². The van der Waals surface area contributed by atoms with E-state index in [-0.39, 0.29) is 11.9 Å². The van der Waals surface area contributed by atoms with Crippen LogP contribution in [0.4, 0.5) is 15.9 Å². The molecule has 8 nitrogen and oxygen atoms in total. The molecule has 6 rings (SSSR count). The van der Waals surface area contributed by atoms with Gasteiger partial charge in [0, 0.05) is 5.69 Å². The number of fused-ring (bicyclic) bond motifs is 3. The van der Waals surface area contributed by atoms with Crippen LogP contribution in [0.2, 0.25) is 0 Å². The fourth-order valence-electron chi connectivity index (χ4n) is 4.56. The van der Waals surface area contributed by atoms with Gasteiger partial charge in [-0.2, -0.15) is 9.64 Å². The zero-order valence-electron chi connectivity index (χ0n) is 19.4. The van der Waals surface area contributed by atoms with E-state index in [1.54, 1.807) is 36.7 Å². The first-order valence-electron chi connectivity index (χ1n) is 11.4. The molecular formula is C26H19FN8S. The second kappa shape index (κ2) is 8.62. The molecule has 0 spiro atoms. The highest BCUT2D eigenvalue weighted by atomic mass is 32.1. The Kier molecular flexibility index (Phi) is 5.27. The lowest BCUT2D eigenvalue weighted by Gasteiger charge is -2.37. The lowest BCUT2D eigenvalue weighted by atomic mass is 10.1. The first-order chi connectivity index (χ1) is 17.6. The lowest BCUT2D eigenvalue weighted by molar-refractivity contribution is 0.588. The van der Waals surface area contributed by atoms with Crippen LogP contribution in [0.1, 0.15) is 36.6 Å². The highest BCUT2D eigenvalue weighted by Crippen LogP contribution is 2.44. The average molecular weight is 495 g/mol. The van der Waals surface area contributed by atoms with Crippen molar-refractivity contribution < 1.29 is 4.39 Å². The second-order valence-electron chi connectivity index (χ2n) is 8.37. The minimum absolute atomic E-state index is 0.119. The number of aryl methyl sites for hydroxylation is 1. The van der Waals surface area contributed by atoms with Gasteiger partial charge in [0.2, 0.25) is 0 Å². The molecule has 0 saturated carbocycles. The maximum absolute atomic E-state index is 13.5. The molecule has 0 N–H and O–H groups in total. The van der Waals surface area contributed by atoms with E-state index in [0.29, 0.717) is 17.2 Å². The number of halogens is 1. The highest BCUT2D eigenvalue weighted by molar-refractivity contribution is 7.10. The molecule has 1 aliphatic heterocycles. The summed E-state index contributed by atoms with van der Waals surface area (Å²) >= 11 is 1.32. The molecule has 3 aromatic heterocycles. The minimum atomic E-state index is -0.293. The number of nitrogens with zero attached hydrogens (tertiary/aromatic N) is 8. The fraction of sp³-hybridized carbons (Fsp3) is 0.154. The van der Waals surface area contributed by atoms with Gasteiger partial charge in [0.15, 0.2) is 17.5 Å². The summed E-state index contributed by atoms with van der Waals surface area (Å²) in [6, 6.07) is 15.8. The SMILES string of the molecule is CC[C@H]1c2nnc(C)n2-c2cnc(-c3cnsc3-c3ccc(F)cc3)nc2N1c1ccc(C#N)cc1. The Morgan fingerprint density at radius 1 is 1.06 bits per heavy atom. The van der Waals surface area contributed by atoms with E-state index in [0.717, 1.165) is 45.4 Å². The van der Waals surface area contributed by atoms with Gasteiger partial charge in [0.05, 0.1) is 40.5 Å². The summed E-state index contributed by atoms with van der Waals surface area (Å²) in [5.74, 6) is 2.50. The van der Waals surface area contributed by atoms with Crippen LogP contribution >= 0.6 is 11.5 Å². The normalized spacial score (nSPS) is 14.3. The third-order valence-electron chi connectivity index (χ3n) is 6.26. The van der Waals surface area contributed by atoms with Gasteiger partial charge in [0.25, 0.3) is 0 Å². The van der Waals surface area contributed by atoms with E-state index in [4.69, 9.17) is 9.97 Å². The van der Waals surface area contributed by atoms with Gasteiger partial charge in [-0.25, -0.2) is 14.4 Å². The van der Waals surface area contributed by atoms with E-state index in [9.17, 15) is 9.65 Å². The van der Waals surface area contributed by atoms with E-state index in [2.05, 4.69) is 32.5 Å². The Hall–Kier alpha value is -4.49. The van der Waals surface area contributed by atoms with Gasteiger partial charge in [-0.3, -0.25) is 4.57 Å². The first-order valence-corrected chi connectivity index (χ1v) is 12.2. The van der Waals surface area contributed by atoms with Crippen molar-refractivity contribution in [3.8, 4) is 33.6 Å². The standard InChI is InChI=1S/C26H19FN8S/c1-3-21-26-33-32-15(2)34(26)22-14-29-24(20-13-30-36-23(20)17-6-8-18(27)9-7-17)31-25(22)35(21)19-10-4-16(12-28)5-11-19/h4-11,13-14,21H,3H2,1-2H3/t21-/m0/s1. The average Bonchev–Trinajstić information content (AvgIpc) is 3.55. The quantitative estimate of drug-likeness (QED) is 0.313. The van der Waals surface area contributed by atoms with Crippen LogP contribution in [0, 0.1) is 24.1 Å². The van der Waals surface area contributed by atoms with Crippen LogP contribution in [0.5, 0.6) is 0 Å². The molecule has 0 bridgehead atoms. The summed E-state index contributed by atoms with van der Waals surface area (Å²) in [4.78, 5) is 12.7. The van der Waals surface area contributed by atoms with Crippen molar-refractivity contribution in [1.82, 2.24) is 29.1 Å². The third-order valence-corrected chi connectivity index (χ3v) is 7.11. The molecule has 0 radical (unpaired) electrons. The van der Waals surface area contributed by atoms with E-state index >= 15 is 0 Å². The van der Waals surface area contributed by atoms with Crippen molar-refractivity contribution in [2.24, 2.45) is 0 Å². The van der Waals surface area contributed by atoms with Gasteiger partial charge >= 0.3 is 0 Å². The van der Waals surface area contributed by atoms with Crippen LogP contribution in [-0.2, 0) is 0 Å². The molecule has 0 saturated heterocycles. The van der Waals surface area contributed by atoms with Crippen molar-refractivity contribution >= 4 is 23.0 Å². The van der Waals surface area contributed by atoms with Crippen molar-refractivity contribution in [3.05, 3.63) is 84.0 Å². The third kappa shape index (κ3) is 3.44. The van der Waals surface area contributed by atoms with Crippen molar-refractivity contribution in [1.29, 1.82) is 5.26 Å². The summed E-state index contributed by atoms with van der Waals surface area (Å²) in [5, 5.41) is 18.1. The van der Waals surface area contributed by atoms with Crippen molar-refractivity contribution in [2.75, 3.05) is 4.90 Å². The predicted molar refractivity (Wildman–Crippen MR) is 135 cm³/mol. The van der Waals surface area contributed by atoms with Gasteiger partial charge in [0.1, 0.15) is 17.3 Å². The summed E-state index contributed by atoms with van der Waals surface area (Å²) in [7, 11) is 0. The van der Waals surface area contributed by atoms with Gasteiger partial charge in [-0.05, 0) is 66.8 Å². The van der Waals surface area contributed by atoms with Crippen molar-refractivity contribution in [2.45, 2.75) is 26.3 Å². The molecule has 1 atom stereocenters. The summed E-state index contributed by atoms with van der Waals surface area (Å²) < 4.78 is 19.9. The van der Waals surface area contributed by atoms with Crippen LogP contribution in [0.25, 0.3) is 27.5 Å². The number of aromatic nitrogens is 6. The lowest BCUT2D eigenvalue weighted by Crippen LogP contribution is -2.32. The molecule has 5 aromatic rings. The molecule has 0 unspecified atom stereocenters. The zero-order chi connectivity index (χ0) is 24.8. The molecular weight excluding hydrogens is 475 g/mol. The van der Waals surface area contributed by atoms with E-state index in [1.165, 1.54) is 23.7 Å². The molecule has 2 aromatic carbocycles. The molecule has 4 heterocycles. The number of hydrogen-bond acceptors (Lipinski definition) is 8. The Morgan fingerprint density at radius 3 is 2.56 bits per heavy atom. The molecule has 0 fully saturated rings. The molecule has 0 amide bonds. The number of rotatable bonds is 4. The second-order valence-corrected chi connectivity index (χ2v) is 9.17. The molecule has 1 aliphatic rings. The van der Waals surface area contributed by atoms with Gasteiger partial charge in [-0.15, -0.1) is 10.2 Å². The summed E-state index contributed by atoms with van der Waals surface area (Å²) in [6.07, 6.45) is 4.29. The van der Waals surface area contributed by atoms with Crippen LogP contribution < -0.4 is 4.90 Å². The number of anilines is 2. The highest BCUT2D eigenvalue weighted by Gasteiger charge is 2.36. The molecule has 0 aliphatic carbocycles.